The standard InChI is InChI=1S/C22H22N6O2/c23-11-17(15-4-1-2-5-15)13-28-14-18(12-25-28)20-8-9-24-22(27-20)26-19-7-3-6-16(10-19)21(29)30/h3,6-10,12,14-15,17H,1-2,4-5,13H2,(H,29,30)(H,24,26,27). The van der Waals surface area contributed by atoms with Gasteiger partial charge in [-0.2, -0.15) is 10.4 Å². The SMILES string of the molecule is N#CC(Cn1cc(-c2ccnc(Nc3cccc(C(=O)O)c3)n2)cn1)C1CCCC1. The number of carbonyl (C=O) groups is 1. The molecular weight excluding hydrogens is 380 g/mol. The summed E-state index contributed by atoms with van der Waals surface area (Å²) in [6.45, 7) is 0.583. The van der Waals surface area contributed by atoms with Crippen molar-refractivity contribution in [3.05, 3.63) is 54.5 Å². The van der Waals surface area contributed by atoms with E-state index in [1.807, 2.05) is 10.9 Å². The van der Waals surface area contributed by atoms with Crippen LogP contribution >= 0.6 is 0 Å². The number of nitrogens with one attached hydrogen (secondary N) is 1. The van der Waals surface area contributed by atoms with Crippen molar-refractivity contribution in [2.75, 3.05) is 5.32 Å². The van der Waals surface area contributed by atoms with Crippen LogP contribution in [-0.2, 0) is 6.54 Å². The molecule has 8 heteroatoms. The molecule has 3 aromatic rings. The second kappa shape index (κ2) is 8.74. The van der Waals surface area contributed by atoms with Crippen molar-refractivity contribution in [1.29, 1.82) is 5.26 Å². The van der Waals surface area contributed by atoms with E-state index < -0.39 is 5.97 Å². The fourth-order valence-corrected chi connectivity index (χ4v) is 3.89. The molecule has 0 aliphatic heterocycles. The Balaban J connectivity index is 1.48. The van der Waals surface area contributed by atoms with E-state index >= 15 is 0 Å². The highest BCUT2D eigenvalue weighted by molar-refractivity contribution is 5.89. The number of benzene rings is 1. The van der Waals surface area contributed by atoms with E-state index in [0.717, 1.165) is 18.4 Å². The van der Waals surface area contributed by atoms with Gasteiger partial charge in [0, 0.05) is 23.6 Å². The van der Waals surface area contributed by atoms with E-state index in [4.69, 9.17) is 5.11 Å². The third-order valence-electron chi connectivity index (χ3n) is 5.47. The van der Waals surface area contributed by atoms with Crippen molar-refractivity contribution in [2.24, 2.45) is 11.8 Å². The van der Waals surface area contributed by atoms with Crippen LogP contribution in [0.5, 0.6) is 0 Å². The predicted octanol–water partition coefficient (Wildman–Crippen LogP) is 4.11. The van der Waals surface area contributed by atoms with E-state index in [-0.39, 0.29) is 11.5 Å². The second-order valence-electron chi connectivity index (χ2n) is 7.51. The van der Waals surface area contributed by atoms with Gasteiger partial charge in [-0.15, -0.1) is 0 Å². The van der Waals surface area contributed by atoms with Gasteiger partial charge < -0.3 is 10.4 Å². The fraction of sp³-hybridized carbons (Fsp3) is 0.318. The summed E-state index contributed by atoms with van der Waals surface area (Å²) in [4.78, 5) is 19.9. The van der Waals surface area contributed by atoms with E-state index in [9.17, 15) is 10.1 Å². The van der Waals surface area contributed by atoms with Gasteiger partial charge in [-0.1, -0.05) is 18.9 Å². The monoisotopic (exact) mass is 402 g/mol. The smallest absolute Gasteiger partial charge is 0.335 e. The fourth-order valence-electron chi connectivity index (χ4n) is 3.89. The summed E-state index contributed by atoms with van der Waals surface area (Å²) >= 11 is 0. The molecule has 0 spiro atoms. The van der Waals surface area contributed by atoms with Gasteiger partial charge >= 0.3 is 5.97 Å². The molecule has 1 atom stereocenters. The van der Waals surface area contributed by atoms with Gasteiger partial charge in [0.05, 0.1) is 36.0 Å². The van der Waals surface area contributed by atoms with Crippen molar-refractivity contribution >= 4 is 17.6 Å². The average Bonchev–Trinajstić information content (AvgIpc) is 3.45. The van der Waals surface area contributed by atoms with Crippen molar-refractivity contribution in [3.8, 4) is 17.3 Å². The Morgan fingerprint density at radius 2 is 2.17 bits per heavy atom. The predicted molar refractivity (Wildman–Crippen MR) is 111 cm³/mol. The normalized spacial score (nSPS) is 14.9. The van der Waals surface area contributed by atoms with E-state index in [1.54, 1.807) is 30.6 Å². The average molecular weight is 402 g/mol. The topological polar surface area (TPSA) is 117 Å². The lowest BCUT2D eigenvalue weighted by molar-refractivity contribution is 0.0697. The first-order valence-corrected chi connectivity index (χ1v) is 9.98. The molecular formula is C22H22N6O2. The van der Waals surface area contributed by atoms with Crippen LogP contribution in [-0.4, -0.2) is 30.8 Å². The Labute approximate surface area is 174 Å². The lowest BCUT2D eigenvalue weighted by atomic mass is 9.92. The molecule has 8 nitrogen and oxygen atoms in total. The van der Waals surface area contributed by atoms with Gasteiger partial charge in [-0.05, 0) is 43.0 Å². The van der Waals surface area contributed by atoms with E-state index in [0.29, 0.717) is 29.8 Å². The molecule has 0 saturated heterocycles. The van der Waals surface area contributed by atoms with Gasteiger partial charge in [0.1, 0.15) is 0 Å². The molecule has 0 amide bonds. The first-order valence-electron chi connectivity index (χ1n) is 9.98. The van der Waals surface area contributed by atoms with Gasteiger partial charge in [-0.3, -0.25) is 4.68 Å². The molecule has 0 bridgehead atoms. The zero-order valence-corrected chi connectivity index (χ0v) is 16.4. The van der Waals surface area contributed by atoms with Crippen molar-refractivity contribution < 1.29 is 9.90 Å². The Morgan fingerprint density at radius 1 is 1.33 bits per heavy atom. The van der Waals surface area contributed by atoms with E-state index in [2.05, 4.69) is 26.5 Å². The maximum atomic E-state index is 11.1. The van der Waals surface area contributed by atoms with Gasteiger partial charge in [0.2, 0.25) is 5.95 Å². The summed E-state index contributed by atoms with van der Waals surface area (Å²) in [7, 11) is 0. The van der Waals surface area contributed by atoms with Crippen LogP contribution in [0.4, 0.5) is 11.6 Å². The molecule has 1 aliphatic rings. The van der Waals surface area contributed by atoms with Gasteiger partial charge in [0.15, 0.2) is 0 Å². The Hall–Kier alpha value is -3.73. The minimum atomic E-state index is -0.992. The van der Waals surface area contributed by atoms with Crippen molar-refractivity contribution in [3.63, 3.8) is 0 Å². The highest BCUT2D eigenvalue weighted by Gasteiger charge is 2.25. The number of hydrogen-bond donors (Lipinski definition) is 2. The van der Waals surface area contributed by atoms with Crippen molar-refractivity contribution in [1.82, 2.24) is 19.7 Å². The molecule has 4 rings (SSSR count). The van der Waals surface area contributed by atoms with E-state index in [1.165, 1.54) is 25.0 Å². The quantitative estimate of drug-likeness (QED) is 0.611. The molecule has 1 aliphatic carbocycles. The third-order valence-corrected chi connectivity index (χ3v) is 5.47. The van der Waals surface area contributed by atoms with Crippen LogP contribution in [0.15, 0.2) is 48.9 Å². The van der Waals surface area contributed by atoms with Crippen LogP contribution in [0.25, 0.3) is 11.3 Å². The molecule has 2 heterocycles. The Kier molecular flexibility index (Phi) is 5.70. The van der Waals surface area contributed by atoms with Gasteiger partial charge in [0.25, 0.3) is 0 Å². The lowest BCUT2D eigenvalue weighted by Crippen LogP contribution is -2.17. The second-order valence-corrected chi connectivity index (χ2v) is 7.51. The number of aromatic nitrogens is 4. The molecule has 0 radical (unpaired) electrons. The molecule has 30 heavy (non-hydrogen) atoms. The molecule has 2 aromatic heterocycles. The summed E-state index contributed by atoms with van der Waals surface area (Å²) in [5.41, 5.74) is 2.31. The lowest BCUT2D eigenvalue weighted by Gasteiger charge is -2.15. The van der Waals surface area contributed by atoms with Crippen molar-refractivity contribution in [2.45, 2.75) is 32.2 Å². The molecule has 1 saturated carbocycles. The molecule has 1 unspecified atom stereocenters. The number of aromatic carboxylic acids is 1. The number of nitrogens with zero attached hydrogens (tertiary/aromatic N) is 5. The zero-order chi connectivity index (χ0) is 20.9. The molecule has 1 aromatic carbocycles. The summed E-state index contributed by atoms with van der Waals surface area (Å²) in [6.07, 6.45) is 9.93. The zero-order valence-electron chi connectivity index (χ0n) is 16.4. The van der Waals surface area contributed by atoms with Crippen LogP contribution < -0.4 is 5.32 Å². The summed E-state index contributed by atoms with van der Waals surface area (Å²) in [6, 6.07) is 10.7. The van der Waals surface area contributed by atoms with Crippen LogP contribution in [0, 0.1) is 23.2 Å². The first-order chi connectivity index (χ1) is 14.6. The minimum Gasteiger partial charge on any atom is -0.478 e. The summed E-state index contributed by atoms with van der Waals surface area (Å²) in [5.74, 6) is -0.193. The summed E-state index contributed by atoms with van der Waals surface area (Å²) in [5, 5.41) is 26.1. The molecule has 1 fully saturated rings. The van der Waals surface area contributed by atoms with Crippen LogP contribution in [0.1, 0.15) is 36.0 Å². The molecule has 152 valence electrons. The Morgan fingerprint density at radius 3 is 2.93 bits per heavy atom. The third kappa shape index (κ3) is 4.46. The van der Waals surface area contributed by atoms with Gasteiger partial charge in [-0.25, -0.2) is 14.8 Å². The number of rotatable bonds is 7. The number of carboxylic acids is 1. The minimum absolute atomic E-state index is 0.0237. The maximum Gasteiger partial charge on any atom is 0.335 e. The molecule has 2 N–H and O–H groups in total. The number of carboxylic acid groups (broad SMARTS) is 1. The largest absolute Gasteiger partial charge is 0.478 e. The number of hydrogen-bond acceptors (Lipinski definition) is 6. The Bertz CT molecular complexity index is 1080. The van der Waals surface area contributed by atoms with Crippen LogP contribution in [0.3, 0.4) is 0 Å². The highest BCUT2D eigenvalue weighted by atomic mass is 16.4. The number of anilines is 2. The van der Waals surface area contributed by atoms with Crippen LogP contribution in [0.2, 0.25) is 0 Å². The maximum absolute atomic E-state index is 11.1. The summed E-state index contributed by atoms with van der Waals surface area (Å²) < 4.78 is 1.81. The first kappa shape index (κ1) is 19.6. The highest BCUT2D eigenvalue weighted by Crippen LogP contribution is 2.32. The number of nitriles is 1.